The highest BCUT2D eigenvalue weighted by atomic mass is 32.2. The van der Waals surface area contributed by atoms with Crippen LogP contribution in [0.1, 0.15) is 21.6 Å². The third-order valence-electron chi connectivity index (χ3n) is 3.64. The zero-order valence-electron chi connectivity index (χ0n) is 13.2. The van der Waals surface area contributed by atoms with Crippen molar-refractivity contribution >= 4 is 26.8 Å². The number of sulfonamides is 1. The molecule has 0 aliphatic rings. The summed E-state index contributed by atoms with van der Waals surface area (Å²) < 4.78 is 24.5. The molecule has 0 radical (unpaired) electrons. The van der Waals surface area contributed by atoms with Crippen molar-refractivity contribution in [2.24, 2.45) is 0 Å². The summed E-state index contributed by atoms with van der Waals surface area (Å²) in [5.41, 5.74) is 3.36. The van der Waals surface area contributed by atoms with Gasteiger partial charge in [-0.15, -0.1) is 0 Å². The van der Waals surface area contributed by atoms with E-state index in [1.165, 1.54) is 14.1 Å². The van der Waals surface area contributed by atoms with Gasteiger partial charge in [0.25, 0.3) is 5.91 Å². The molecule has 0 fully saturated rings. The first-order valence-corrected chi connectivity index (χ1v) is 8.60. The molecular formula is C15H21N3O3S. The number of carbonyl (C=O) groups is 1. The fourth-order valence-corrected chi connectivity index (χ4v) is 2.96. The van der Waals surface area contributed by atoms with Crippen LogP contribution in [0.4, 0.5) is 0 Å². The highest BCUT2D eigenvalue weighted by Crippen LogP contribution is 2.22. The molecular weight excluding hydrogens is 302 g/mol. The normalized spacial score (nSPS) is 12.0. The average Bonchev–Trinajstić information content (AvgIpc) is 2.75. The lowest BCUT2D eigenvalue weighted by Gasteiger charge is -2.11. The Morgan fingerprint density at radius 1 is 1.27 bits per heavy atom. The molecule has 0 atom stereocenters. The molecule has 22 heavy (non-hydrogen) atoms. The van der Waals surface area contributed by atoms with Crippen molar-refractivity contribution in [3.63, 3.8) is 0 Å². The van der Waals surface area contributed by atoms with Gasteiger partial charge in [0.2, 0.25) is 10.0 Å². The van der Waals surface area contributed by atoms with Gasteiger partial charge >= 0.3 is 0 Å². The second-order valence-electron chi connectivity index (χ2n) is 5.53. The maximum Gasteiger partial charge on any atom is 0.268 e. The second-order valence-corrected chi connectivity index (χ2v) is 7.83. The van der Waals surface area contributed by atoms with Gasteiger partial charge in [-0.05, 0) is 31.5 Å². The van der Waals surface area contributed by atoms with E-state index < -0.39 is 10.0 Å². The summed E-state index contributed by atoms with van der Waals surface area (Å²) in [6, 6.07) is 5.93. The van der Waals surface area contributed by atoms with Gasteiger partial charge < -0.3 is 10.3 Å². The molecule has 1 aromatic heterocycles. The van der Waals surface area contributed by atoms with Crippen LogP contribution in [0.5, 0.6) is 0 Å². The lowest BCUT2D eigenvalue weighted by atomic mass is 10.1. The van der Waals surface area contributed by atoms with Crippen LogP contribution >= 0.6 is 0 Å². The number of hydrogen-bond acceptors (Lipinski definition) is 3. The summed E-state index contributed by atoms with van der Waals surface area (Å²) in [6.07, 6.45) is 0. The van der Waals surface area contributed by atoms with E-state index in [-0.39, 0.29) is 18.2 Å². The predicted molar refractivity (Wildman–Crippen MR) is 87.6 cm³/mol. The molecule has 2 rings (SSSR count). The Hall–Kier alpha value is -1.86. The zero-order valence-corrected chi connectivity index (χ0v) is 14.0. The van der Waals surface area contributed by atoms with E-state index in [1.807, 2.05) is 32.0 Å². The lowest BCUT2D eigenvalue weighted by Crippen LogP contribution is -2.34. The van der Waals surface area contributed by atoms with Crippen molar-refractivity contribution in [3.8, 4) is 0 Å². The van der Waals surface area contributed by atoms with Crippen LogP contribution < -0.4 is 5.32 Å². The third kappa shape index (κ3) is 3.31. The molecule has 0 unspecified atom stereocenters. The highest BCUT2D eigenvalue weighted by Gasteiger charge is 2.17. The number of aromatic nitrogens is 1. The van der Waals surface area contributed by atoms with Crippen LogP contribution in [0, 0.1) is 13.8 Å². The monoisotopic (exact) mass is 323 g/mol. The van der Waals surface area contributed by atoms with Gasteiger partial charge in [0.05, 0.1) is 5.75 Å². The van der Waals surface area contributed by atoms with Crippen molar-refractivity contribution in [2.75, 3.05) is 26.4 Å². The Bertz CT molecular complexity index is 807. The van der Waals surface area contributed by atoms with Crippen LogP contribution in [0.15, 0.2) is 18.2 Å². The molecule has 1 amide bonds. The Morgan fingerprint density at radius 2 is 1.95 bits per heavy atom. The average molecular weight is 323 g/mol. The first-order valence-electron chi connectivity index (χ1n) is 6.99. The Morgan fingerprint density at radius 3 is 2.59 bits per heavy atom. The van der Waals surface area contributed by atoms with Crippen LogP contribution in [0.2, 0.25) is 0 Å². The topological polar surface area (TPSA) is 82.3 Å². The van der Waals surface area contributed by atoms with Crippen molar-refractivity contribution in [1.82, 2.24) is 14.6 Å². The number of aromatic amines is 1. The molecule has 1 aromatic carbocycles. The van der Waals surface area contributed by atoms with Crippen molar-refractivity contribution < 1.29 is 13.2 Å². The van der Waals surface area contributed by atoms with E-state index in [0.29, 0.717) is 5.69 Å². The van der Waals surface area contributed by atoms with Crippen LogP contribution in [-0.4, -0.2) is 50.0 Å². The van der Waals surface area contributed by atoms with Gasteiger partial charge in [0.1, 0.15) is 5.69 Å². The van der Waals surface area contributed by atoms with E-state index >= 15 is 0 Å². The summed E-state index contributed by atoms with van der Waals surface area (Å²) in [6.45, 7) is 3.95. The van der Waals surface area contributed by atoms with Crippen molar-refractivity contribution in [3.05, 3.63) is 35.0 Å². The number of nitrogens with zero attached hydrogens (tertiary/aromatic N) is 1. The van der Waals surface area contributed by atoms with E-state index in [9.17, 15) is 13.2 Å². The number of fused-ring (bicyclic) bond motifs is 1. The SMILES string of the molecule is Cc1ccc2[nH]c(C(=O)NCCS(=O)(=O)N(C)C)c(C)c2c1. The van der Waals surface area contributed by atoms with Gasteiger partial charge in [-0.2, -0.15) is 0 Å². The minimum absolute atomic E-state index is 0.0766. The molecule has 7 heteroatoms. The van der Waals surface area contributed by atoms with Gasteiger partial charge in [-0.1, -0.05) is 11.6 Å². The van der Waals surface area contributed by atoms with E-state index in [1.54, 1.807) is 0 Å². The fourth-order valence-electron chi connectivity index (χ4n) is 2.23. The number of H-pyrrole nitrogens is 1. The van der Waals surface area contributed by atoms with Gasteiger partial charge in [0.15, 0.2) is 0 Å². The van der Waals surface area contributed by atoms with Crippen molar-refractivity contribution in [1.29, 1.82) is 0 Å². The number of carbonyl (C=O) groups excluding carboxylic acids is 1. The smallest absolute Gasteiger partial charge is 0.268 e. The maximum absolute atomic E-state index is 12.2. The molecule has 0 aliphatic heterocycles. The quantitative estimate of drug-likeness (QED) is 0.873. The van der Waals surface area contributed by atoms with Crippen LogP contribution in [-0.2, 0) is 10.0 Å². The van der Waals surface area contributed by atoms with Gasteiger partial charge in [0, 0.05) is 31.5 Å². The number of benzene rings is 1. The first kappa shape index (κ1) is 16.5. The van der Waals surface area contributed by atoms with E-state index in [2.05, 4.69) is 10.3 Å². The highest BCUT2D eigenvalue weighted by molar-refractivity contribution is 7.89. The molecule has 0 saturated carbocycles. The number of hydrogen-bond donors (Lipinski definition) is 2. The number of nitrogens with one attached hydrogen (secondary N) is 2. The molecule has 0 aliphatic carbocycles. The summed E-state index contributed by atoms with van der Waals surface area (Å²) in [7, 11) is -0.361. The van der Waals surface area contributed by atoms with Crippen LogP contribution in [0.25, 0.3) is 10.9 Å². The minimum Gasteiger partial charge on any atom is -0.350 e. The third-order valence-corrected chi connectivity index (χ3v) is 5.48. The second kappa shape index (κ2) is 6.10. The zero-order chi connectivity index (χ0) is 16.5. The number of amides is 1. The molecule has 0 bridgehead atoms. The Kier molecular flexibility index (Phi) is 4.58. The van der Waals surface area contributed by atoms with Crippen molar-refractivity contribution in [2.45, 2.75) is 13.8 Å². The Balaban J connectivity index is 2.12. The number of rotatable bonds is 5. The van der Waals surface area contributed by atoms with E-state index in [4.69, 9.17) is 0 Å². The standard InChI is InChI=1S/C15H21N3O3S/c1-10-5-6-13-12(9-10)11(2)14(17-13)15(19)16-7-8-22(20,21)18(3)4/h5-6,9,17H,7-8H2,1-4H3,(H,16,19). The molecule has 0 saturated heterocycles. The molecule has 1 heterocycles. The summed E-state index contributed by atoms with van der Waals surface area (Å²) in [5.74, 6) is -0.412. The molecule has 0 spiro atoms. The first-order chi connectivity index (χ1) is 10.2. The molecule has 2 aromatic rings. The largest absolute Gasteiger partial charge is 0.350 e. The fraction of sp³-hybridized carbons (Fsp3) is 0.400. The minimum atomic E-state index is -3.31. The van der Waals surface area contributed by atoms with Gasteiger partial charge in [-0.3, -0.25) is 4.79 Å². The van der Waals surface area contributed by atoms with Crippen LogP contribution in [0.3, 0.4) is 0 Å². The summed E-state index contributed by atoms with van der Waals surface area (Å²) in [5, 5.41) is 3.66. The molecule has 6 nitrogen and oxygen atoms in total. The van der Waals surface area contributed by atoms with E-state index in [0.717, 1.165) is 26.3 Å². The molecule has 2 N–H and O–H groups in total. The van der Waals surface area contributed by atoms with Gasteiger partial charge in [-0.25, -0.2) is 12.7 Å². The molecule has 120 valence electrons. The number of aryl methyl sites for hydroxylation is 2. The predicted octanol–water partition coefficient (Wildman–Crippen LogP) is 1.41. The summed E-state index contributed by atoms with van der Waals surface area (Å²) >= 11 is 0. The lowest BCUT2D eigenvalue weighted by molar-refractivity contribution is 0.0951. The Labute approximate surface area is 130 Å². The maximum atomic E-state index is 12.2. The summed E-state index contributed by atoms with van der Waals surface area (Å²) in [4.78, 5) is 15.3.